The third kappa shape index (κ3) is 5.71. The molecule has 0 radical (unpaired) electrons. The van der Waals surface area contributed by atoms with Crippen LogP contribution in [0.4, 0.5) is 14.5 Å². The molecule has 0 unspecified atom stereocenters. The van der Waals surface area contributed by atoms with Crippen LogP contribution in [0.15, 0.2) is 46.3 Å². The van der Waals surface area contributed by atoms with E-state index in [-0.39, 0.29) is 34.8 Å². The molecule has 2 rings (SSSR count). The third-order valence-electron chi connectivity index (χ3n) is 3.59. The Hall–Kier alpha value is -2.56. The highest BCUT2D eigenvalue weighted by molar-refractivity contribution is 7.89. The Bertz CT molecular complexity index is 937. The average Bonchev–Trinajstić information content (AvgIpc) is 2.57. The number of primary sulfonamides is 1. The number of aliphatic hydroxyl groups excluding tert-OH is 1. The van der Waals surface area contributed by atoms with E-state index in [2.05, 4.69) is 10.3 Å². The molecule has 2 aromatic rings. The third-order valence-corrected chi connectivity index (χ3v) is 4.50. The van der Waals surface area contributed by atoms with Crippen LogP contribution in [0.25, 0.3) is 11.1 Å². The highest BCUT2D eigenvalue weighted by atomic mass is 32.2. The SMILES string of the molecule is CC(N)=NC[C@H](O)CNc1cc(F)c(-c2cccc(S(N)(=O)=O)c2)c(F)c1. The first kappa shape index (κ1) is 20.7. The van der Waals surface area contributed by atoms with E-state index in [4.69, 9.17) is 10.9 Å². The number of anilines is 1. The molecule has 0 amide bonds. The number of nitrogens with one attached hydrogen (secondary N) is 1. The summed E-state index contributed by atoms with van der Waals surface area (Å²) in [6, 6.07) is 7.15. The van der Waals surface area contributed by atoms with Gasteiger partial charge in [-0.3, -0.25) is 4.99 Å². The molecule has 0 saturated carbocycles. The van der Waals surface area contributed by atoms with Crippen molar-refractivity contribution in [2.45, 2.75) is 17.9 Å². The fraction of sp³-hybridized carbons (Fsp3) is 0.235. The minimum atomic E-state index is -4.00. The zero-order valence-corrected chi connectivity index (χ0v) is 15.3. The maximum Gasteiger partial charge on any atom is 0.238 e. The molecule has 0 aromatic heterocycles. The summed E-state index contributed by atoms with van der Waals surface area (Å²) in [5.74, 6) is -1.47. The molecule has 7 nitrogen and oxygen atoms in total. The topological polar surface area (TPSA) is 131 Å². The van der Waals surface area contributed by atoms with Gasteiger partial charge in [-0.15, -0.1) is 0 Å². The van der Waals surface area contributed by atoms with E-state index >= 15 is 0 Å². The summed E-state index contributed by atoms with van der Waals surface area (Å²) in [5, 5.41) is 17.5. The van der Waals surface area contributed by atoms with Gasteiger partial charge in [-0.2, -0.15) is 0 Å². The van der Waals surface area contributed by atoms with Crippen molar-refractivity contribution >= 4 is 21.5 Å². The van der Waals surface area contributed by atoms with Gasteiger partial charge in [0.2, 0.25) is 10.0 Å². The second kappa shape index (κ2) is 8.42. The lowest BCUT2D eigenvalue weighted by Gasteiger charge is -2.13. The molecule has 2 aromatic carbocycles. The molecule has 0 bridgehead atoms. The van der Waals surface area contributed by atoms with Gasteiger partial charge in [0, 0.05) is 12.2 Å². The van der Waals surface area contributed by atoms with Crippen LogP contribution in [0.2, 0.25) is 0 Å². The molecule has 1 atom stereocenters. The lowest BCUT2D eigenvalue weighted by Crippen LogP contribution is -2.24. The van der Waals surface area contributed by atoms with Crippen molar-refractivity contribution in [3.63, 3.8) is 0 Å². The lowest BCUT2D eigenvalue weighted by molar-refractivity contribution is 0.196. The summed E-state index contributed by atoms with van der Waals surface area (Å²) in [4.78, 5) is 3.60. The van der Waals surface area contributed by atoms with Gasteiger partial charge < -0.3 is 16.2 Å². The van der Waals surface area contributed by atoms with Crippen LogP contribution in [-0.2, 0) is 10.0 Å². The number of rotatable bonds is 7. The van der Waals surface area contributed by atoms with Crippen molar-refractivity contribution in [3.05, 3.63) is 48.0 Å². The molecule has 0 saturated heterocycles. The molecule has 0 aliphatic carbocycles. The van der Waals surface area contributed by atoms with Crippen molar-refractivity contribution < 1.29 is 22.3 Å². The minimum Gasteiger partial charge on any atom is -0.389 e. The number of hydrogen-bond donors (Lipinski definition) is 4. The minimum absolute atomic E-state index is 0.00983. The molecule has 0 fully saturated rings. The van der Waals surface area contributed by atoms with Gasteiger partial charge in [0.25, 0.3) is 0 Å². The van der Waals surface area contributed by atoms with E-state index in [9.17, 15) is 22.3 Å². The predicted octanol–water partition coefficient (Wildman–Crippen LogP) is 1.43. The fourth-order valence-electron chi connectivity index (χ4n) is 2.33. The number of halogens is 2. The summed E-state index contributed by atoms with van der Waals surface area (Å²) in [6.45, 7) is 1.64. The highest BCUT2D eigenvalue weighted by Gasteiger charge is 2.16. The first-order valence-electron chi connectivity index (χ1n) is 7.88. The smallest absolute Gasteiger partial charge is 0.238 e. The van der Waals surface area contributed by atoms with Gasteiger partial charge >= 0.3 is 0 Å². The van der Waals surface area contributed by atoms with Crippen molar-refractivity contribution in [1.29, 1.82) is 0 Å². The number of nitrogens with two attached hydrogens (primary N) is 2. The molecule has 10 heteroatoms. The van der Waals surface area contributed by atoms with Crippen LogP contribution >= 0.6 is 0 Å². The molecule has 0 heterocycles. The molecule has 0 aliphatic heterocycles. The monoisotopic (exact) mass is 398 g/mol. The number of benzene rings is 2. The number of amidine groups is 1. The second-order valence-corrected chi connectivity index (χ2v) is 7.47. The molecule has 27 heavy (non-hydrogen) atoms. The quantitative estimate of drug-likeness (QED) is 0.414. The maximum atomic E-state index is 14.4. The van der Waals surface area contributed by atoms with Crippen LogP contribution in [0.1, 0.15) is 6.92 Å². The zero-order valence-electron chi connectivity index (χ0n) is 14.5. The van der Waals surface area contributed by atoms with Crippen LogP contribution in [0, 0.1) is 11.6 Å². The van der Waals surface area contributed by atoms with Crippen molar-refractivity contribution in [1.82, 2.24) is 0 Å². The Morgan fingerprint density at radius 1 is 1.26 bits per heavy atom. The van der Waals surface area contributed by atoms with E-state index in [1.807, 2.05) is 0 Å². The van der Waals surface area contributed by atoms with E-state index in [1.165, 1.54) is 18.2 Å². The molecular weight excluding hydrogens is 378 g/mol. The van der Waals surface area contributed by atoms with E-state index < -0.39 is 27.8 Å². The van der Waals surface area contributed by atoms with Crippen LogP contribution in [0.5, 0.6) is 0 Å². The van der Waals surface area contributed by atoms with Gasteiger partial charge in [-0.05, 0) is 36.8 Å². The molecule has 146 valence electrons. The summed E-state index contributed by atoms with van der Waals surface area (Å²) >= 11 is 0. The number of nitrogens with zero attached hydrogens (tertiary/aromatic N) is 1. The Balaban J connectivity index is 2.24. The molecule has 0 aliphatic rings. The van der Waals surface area contributed by atoms with E-state index in [1.54, 1.807) is 6.92 Å². The van der Waals surface area contributed by atoms with Gasteiger partial charge in [0.15, 0.2) is 0 Å². The number of hydrogen-bond acceptors (Lipinski definition) is 5. The van der Waals surface area contributed by atoms with Crippen molar-refractivity contribution in [2.24, 2.45) is 15.9 Å². The Morgan fingerprint density at radius 2 is 1.89 bits per heavy atom. The van der Waals surface area contributed by atoms with Crippen LogP contribution in [0.3, 0.4) is 0 Å². The standard InChI is InChI=1S/C17H20F2N4O3S/c1-10(20)22-8-13(24)9-23-12-6-15(18)17(16(19)7-12)11-3-2-4-14(5-11)27(21,25)26/h2-7,13,23-24H,8-9H2,1H3,(H2,20,22)(H2,21,25,26)/t13-/m0/s1. The van der Waals surface area contributed by atoms with Crippen LogP contribution < -0.4 is 16.2 Å². The highest BCUT2D eigenvalue weighted by Crippen LogP contribution is 2.30. The summed E-state index contributed by atoms with van der Waals surface area (Å²) in [5.41, 5.74) is 5.14. The van der Waals surface area contributed by atoms with E-state index in [0.29, 0.717) is 5.84 Å². The molecular formula is C17H20F2N4O3S. The van der Waals surface area contributed by atoms with Gasteiger partial charge in [0.1, 0.15) is 11.6 Å². The van der Waals surface area contributed by atoms with E-state index in [0.717, 1.165) is 18.2 Å². The largest absolute Gasteiger partial charge is 0.389 e. The fourth-order valence-corrected chi connectivity index (χ4v) is 2.89. The molecule has 0 spiro atoms. The van der Waals surface area contributed by atoms with Crippen molar-refractivity contribution in [3.8, 4) is 11.1 Å². The predicted molar refractivity (Wildman–Crippen MR) is 99.8 cm³/mol. The first-order chi connectivity index (χ1) is 12.6. The van der Waals surface area contributed by atoms with Gasteiger partial charge in [0.05, 0.1) is 28.9 Å². The Labute approximate surface area is 155 Å². The summed E-state index contributed by atoms with van der Waals surface area (Å²) in [6.07, 6.45) is -0.888. The number of sulfonamides is 1. The van der Waals surface area contributed by atoms with Crippen molar-refractivity contribution in [2.75, 3.05) is 18.4 Å². The normalized spacial score (nSPS) is 13.4. The van der Waals surface area contributed by atoms with Gasteiger partial charge in [-0.25, -0.2) is 22.3 Å². The number of aliphatic imine (C=N–C) groups is 1. The summed E-state index contributed by atoms with van der Waals surface area (Å²) in [7, 11) is -4.00. The first-order valence-corrected chi connectivity index (χ1v) is 9.43. The van der Waals surface area contributed by atoms with Crippen LogP contribution in [-0.4, -0.2) is 38.6 Å². The number of aliphatic hydroxyl groups is 1. The molecule has 6 N–H and O–H groups in total. The lowest BCUT2D eigenvalue weighted by atomic mass is 10.0. The zero-order chi connectivity index (χ0) is 20.2. The summed E-state index contributed by atoms with van der Waals surface area (Å²) < 4.78 is 51.7. The average molecular weight is 398 g/mol. The Morgan fingerprint density at radius 3 is 2.44 bits per heavy atom. The van der Waals surface area contributed by atoms with Gasteiger partial charge in [-0.1, -0.05) is 12.1 Å². The Kier molecular flexibility index (Phi) is 6.47. The second-order valence-electron chi connectivity index (χ2n) is 5.90. The maximum absolute atomic E-state index is 14.4.